The van der Waals surface area contributed by atoms with Crippen molar-refractivity contribution in [2.24, 2.45) is 5.73 Å². The van der Waals surface area contributed by atoms with Crippen LogP contribution >= 0.6 is 0 Å². The van der Waals surface area contributed by atoms with Crippen molar-refractivity contribution in [3.05, 3.63) is 0 Å². The summed E-state index contributed by atoms with van der Waals surface area (Å²) in [4.78, 5) is 22.1. The standard InChI is InChI=1S/C11H18N2O3/c1-4-5-8(10(15)16)13-9(14)6-7-11(2,3)12/h1,8H,5-7,12H2,2-3H3,(H,13,14)(H,15,16). The molecule has 1 unspecified atom stereocenters. The van der Waals surface area contributed by atoms with Gasteiger partial charge in [-0.15, -0.1) is 12.3 Å². The van der Waals surface area contributed by atoms with Gasteiger partial charge in [-0.3, -0.25) is 4.79 Å². The Morgan fingerprint density at radius 2 is 2.12 bits per heavy atom. The largest absolute Gasteiger partial charge is 0.480 e. The van der Waals surface area contributed by atoms with E-state index in [1.165, 1.54) is 0 Å². The van der Waals surface area contributed by atoms with Gasteiger partial charge >= 0.3 is 5.97 Å². The van der Waals surface area contributed by atoms with Crippen LogP contribution in [0.5, 0.6) is 0 Å². The van der Waals surface area contributed by atoms with E-state index in [-0.39, 0.29) is 18.7 Å². The van der Waals surface area contributed by atoms with E-state index in [4.69, 9.17) is 17.3 Å². The van der Waals surface area contributed by atoms with Crippen molar-refractivity contribution in [2.45, 2.75) is 44.7 Å². The molecular weight excluding hydrogens is 208 g/mol. The molecule has 0 fully saturated rings. The molecule has 90 valence electrons. The molecule has 0 rings (SSSR count). The molecule has 0 heterocycles. The van der Waals surface area contributed by atoms with Crippen LogP contribution in [-0.2, 0) is 9.59 Å². The first-order chi connectivity index (χ1) is 7.26. The maximum Gasteiger partial charge on any atom is 0.327 e. The second kappa shape index (κ2) is 6.13. The number of hydrogen-bond acceptors (Lipinski definition) is 3. The SMILES string of the molecule is C#CCC(NC(=O)CCC(C)(C)N)C(=O)O. The number of carbonyl (C=O) groups is 2. The van der Waals surface area contributed by atoms with Crippen molar-refractivity contribution >= 4 is 11.9 Å². The van der Waals surface area contributed by atoms with Crippen LogP contribution in [0.4, 0.5) is 0 Å². The van der Waals surface area contributed by atoms with E-state index in [0.717, 1.165) is 0 Å². The summed E-state index contributed by atoms with van der Waals surface area (Å²) in [6.45, 7) is 3.60. The fraction of sp³-hybridized carbons (Fsp3) is 0.636. The highest BCUT2D eigenvalue weighted by molar-refractivity contribution is 5.83. The summed E-state index contributed by atoms with van der Waals surface area (Å²) in [7, 11) is 0. The summed E-state index contributed by atoms with van der Waals surface area (Å²) >= 11 is 0. The van der Waals surface area contributed by atoms with Gasteiger partial charge in [0.15, 0.2) is 0 Å². The minimum atomic E-state index is -1.13. The average molecular weight is 226 g/mol. The van der Waals surface area contributed by atoms with Crippen molar-refractivity contribution in [3.8, 4) is 12.3 Å². The maximum absolute atomic E-state index is 11.4. The van der Waals surface area contributed by atoms with Gasteiger partial charge in [0.1, 0.15) is 6.04 Å². The third-order valence-electron chi connectivity index (χ3n) is 1.95. The quantitative estimate of drug-likeness (QED) is 0.560. The normalized spacial score (nSPS) is 12.6. The van der Waals surface area contributed by atoms with E-state index in [1.54, 1.807) is 13.8 Å². The highest BCUT2D eigenvalue weighted by Crippen LogP contribution is 2.06. The summed E-state index contributed by atoms with van der Waals surface area (Å²) in [6, 6.07) is -1.02. The van der Waals surface area contributed by atoms with Gasteiger partial charge in [0.25, 0.3) is 0 Å². The molecule has 0 radical (unpaired) electrons. The predicted octanol–water partition coefficient (Wildman–Crippen LogP) is 0.0966. The summed E-state index contributed by atoms with van der Waals surface area (Å²) in [5.74, 6) is 0.734. The molecule has 0 aromatic carbocycles. The lowest BCUT2D eigenvalue weighted by atomic mass is 10.00. The molecule has 0 saturated carbocycles. The Hall–Kier alpha value is -1.54. The zero-order valence-electron chi connectivity index (χ0n) is 9.62. The Morgan fingerprint density at radius 1 is 1.56 bits per heavy atom. The minimum Gasteiger partial charge on any atom is -0.480 e. The van der Waals surface area contributed by atoms with E-state index in [0.29, 0.717) is 6.42 Å². The highest BCUT2D eigenvalue weighted by atomic mass is 16.4. The van der Waals surface area contributed by atoms with Crippen molar-refractivity contribution < 1.29 is 14.7 Å². The van der Waals surface area contributed by atoms with Gasteiger partial charge in [-0.2, -0.15) is 0 Å². The molecule has 0 spiro atoms. The summed E-state index contributed by atoms with van der Waals surface area (Å²) in [5.41, 5.74) is 5.26. The maximum atomic E-state index is 11.4. The zero-order valence-corrected chi connectivity index (χ0v) is 9.62. The molecule has 0 aliphatic rings. The number of terminal acetylenes is 1. The second-order valence-electron chi connectivity index (χ2n) is 4.36. The Kier molecular flexibility index (Phi) is 5.54. The third kappa shape index (κ3) is 6.85. The Balaban J connectivity index is 4.12. The van der Waals surface area contributed by atoms with E-state index in [2.05, 4.69) is 11.2 Å². The third-order valence-corrected chi connectivity index (χ3v) is 1.95. The molecule has 1 amide bonds. The molecule has 0 aromatic heterocycles. The number of carboxylic acid groups (broad SMARTS) is 1. The van der Waals surface area contributed by atoms with Crippen molar-refractivity contribution in [3.63, 3.8) is 0 Å². The van der Waals surface area contributed by atoms with Crippen LogP contribution in [0.3, 0.4) is 0 Å². The molecule has 0 saturated heterocycles. The van der Waals surface area contributed by atoms with Crippen molar-refractivity contribution in [2.75, 3.05) is 0 Å². The Bertz CT molecular complexity index is 299. The molecule has 5 nitrogen and oxygen atoms in total. The lowest BCUT2D eigenvalue weighted by Gasteiger charge is -2.18. The van der Waals surface area contributed by atoms with E-state index >= 15 is 0 Å². The number of nitrogens with two attached hydrogens (primary N) is 1. The number of rotatable bonds is 6. The first-order valence-corrected chi connectivity index (χ1v) is 5.01. The summed E-state index contributed by atoms with van der Waals surface area (Å²) in [5, 5.41) is 11.1. The van der Waals surface area contributed by atoms with Gasteiger partial charge in [-0.1, -0.05) is 0 Å². The highest BCUT2D eigenvalue weighted by Gasteiger charge is 2.20. The molecular formula is C11H18N2O3. The average Bonchev–Trinajstić information content (AvgIpc) is 2.13. The monoisotopic (exact) mass is 226 g/mol. The molecule has 0 aliphatic heterocycles. The van der Waals surface area contributed by atoms with Gasteiger partial charge in [0.2, 0.25) is 5.91 Å². The number of amides is 1. The minimum absolute atomic E-state index is 0.0207. The molecule has 5 heteroatoms. The number of hydrogen-bond donors (Lipinski definition) is 3. The van der Waals surface area contributed by atoms with Gasteiger partial charge < -0.3 is 16.2 Å². The first-order valence-electron chi connectivity index (χ1n) is 5.01. The Labute approximate surface area is 95.4 Å². The van der Waals surface area contributed by atoms with Crippen LogP contribution in [-0.4, -0.2) is 28.6 Å². The number of carbonyl (C=O) groups excluding carboxylic acids is 1. The molecule has 16 heavy (non-hydrogen) atoms. The molecule has 1 atom stereocenters. The van der Waals surface area contributed by atoms with Gasteiger partial charge in [-0.05, 0) is 20.3 Å². The fourth-order valence-electron chi connectivity index (χ4n) is 1.02. The van der Waals surface area contributed by atoms with Gasteiger partial charge in [0.05, 0.1) is 0 Å². The summed E-state index contributed by atoms with van der Waals surface area (Å²) in [6.07, 6.45) is 5.66. The zero-order chi connectivity index (χ0) is 12.8. The predicted molar refractivity (Wildman–Crippen MR) is 60.5 cm³/mol. The van der Waals surface area contributed by atoms with Crippen LogP contribution in [0.2, 0.25) is 0 Å². The Morgan fingerprint density at radius 3 is 2.50 bits per heavy atom. The van der Waals surface area contributed by atoms with Crippen LogP contribution in [0.25, 0.3) is 0 Å². The molecule has 0 bridgehead atoms. The molecule has 4 N–H and O–H groups in total. The lowest BCUT2D eigenvalue weighted by molar-refractivity contribution is -0.141. The first kappa shape index (κ1) is 14.5. The van der Waals surface area contributed by atoms with E-state index in [9.17, 15) is 9.59 Å². The molecule has 0 aromatic rings. The van der Waals surface area contributed by atoms with Crippen molar-refractivity contribution in [1.82, 2.24) is 5.32 Å². The topological polar surface area (TPSA) is 92.4 Å². The number of nitrogens with one attached hydrogen (secondary N) is 1. The van der Waals surface area contributed by atoms with Gasteiger partial charge in [-0.25, -0.2) is 4.79 Å². The number of aliphatic carboxylic acids is 1. The van der Waals surface area contributed by atoms with Crippen LogP contribution in [0.15, 0.2) is 0 Å². The second-order valence-corrected chi connectivity index (χ2v) is 4.36. The fourth-order valence-corrected chi connectivity index (χ4v) is 1.02. The van der Waals surface area contributed by atoms with Crippen LogP contribution < -0.4 is 11.1 Å². The molecule has 0 aliphatic carbocycles. The van der Waals surface area contributed by atoms with Gasteiger partial charge in [0, 0.05) is 18.4 Å². The van der Waals surface area contributed by atoms with Crippen molar-refractivity contribution in [1.29, 1.82) is 0 Å². The van der Waals surface area contributed by atoms with Crippen LogP contribution in [0, 0.1) is 12.3 Å². The lowest BCUT2D eigenvalue weighted by Crippen LogP contribution is -2.42. The number of carboxylic acids is 1. The van der Waals surface area contributed by atoms with Crippen LogP contribution in [0.1, 0.15) is 33.1 Å². The smallest absolute Gasteiger partial charge is 0.327 e. The van der Waals surface area contributed by atoms with E-state index < -0.39 is 17.6 Å². The van der Waals surface area contributed by atoms with E-state index in [1.807, 2.05) is 0 Å². The summed E-state index contributed by atoms with van der Waals surface area (Å²) < 4.78 is 0.